The number of carbonyl (C=O) groups is 1. The Hall–Kier alpha value is -1.68. The molecule has 0 unspecified atom stereocenters. The minimum atomic E-state index is -0.527. The Morgan fingerprint density at radius 3 is 2.50 bits per heavy atom. The number of thioether (sulfide) groups is 1. The molecule has 0 aliphatic carbocycles. The zero-order valence-electron chi connectivity index (χ0n) is 10.5. The number of rotatable bonds is 5. The number of hydrogen-bond acceptors (Lipinski definition) is 4. The van der Waals surface area contributed by atoms with E-state index in [9.17, 15) is 9.90 Å². The van der Waals surface area contributed by atoms with Crippen LogP contribution in [0.4, 0.5) is 0 Å². The van der Waals surface area contributed by atoms with Gasteiger partial charge in [0.1, 0.15) is 10.7 Å². The molecule has 96 valence electrons. The Morgan fingerprint density at radius 1 is 1.39 bits per heavy atom. The van der Waals surface area contributed by atoms with Crippen LogP contribution in [0.5, 0.6) is 0 Å². The summed E-state index contributed by atoms with van der Waals surface area (Å²) in [6, 6.07) is 9.70. The largest absolute Gasteiger partial charge is 0.511 e. The summed E-state index contributed by atoms with van der Waals surface area (Å²) in [7, 11) is 1.29. The van der Waals surface area contributed by atoms with Gasteiger partial charge in [-0.05, 0) is 18.1 Å². The van der Waals surface area contributed by atoms with Gasteiger partial charge in [-0.15, -0.1) is 11.8 Å². The molecule has 18 heavy (non-hydrogen) atoms. The number of allylic oxidation sites excluding steroid dienone is 1. The molecule has 1 N–H and O–H groups in total. The van der Waals surface area contributed by atoms with Gasteiger partial charge in [0.2, 0.25) is 0 Å². The summed E-state index contributed by atoms with van der Waals surface area (Å²) < 4.78 is 4.60. The Balaban J connectivity index is 2.68. The third-order valence-corrected chi connectivity index (χ3v) is 3.52. The van der Waals surface area contributed by atoms with Gasteiger partial charge in [-0.1, -0.05) is 36.9 Å². The Bertz CT molecular complexity index is 459. The van der Waals surface area contributed by atoms with Crippen LogP contribution >= 0.6 is 11.8 Å². The normalized spacial score (nSPS) is 11.7. The third-order valence-electron chi connectivity index (χ3n) is 2.27. The van der Waals surface area contributed by atoms with Gasteiger partial charge in [0.15, 0.2) is 0 Å². The molecule has 0 atom stereocenters. The first kappa shape index (κ1) is 14.4. The summed E-state index contributed by atoms with van der Waals surface area (Å²) in [5.74, 6) is -0.0413. The van der Waals surface area contributed by atoms with E-state index in [0.29, 0.717) is 5.75 Å². The molecule has 0 aliphatic rings. The fourth-order valence-electron chi connectivity index (χ4n) is 1.32. The van der Waals surface area contributed by atoms with Gasteiger partial charge in [-0.2, -0.15) is 0 Å². The highest BCUT2D eigenvalue weighted by Gasteiger charge is 2.14. The van der Waals surface area contributed by atoms with Gasteiger partial charge >= 0.3 is 5.97 Å². The summed E-state index contributed by atoms with van der Waals surface area (Å²) in [4.78, 5) is 11.6. The molecule has 0 amide bonds. The predicted octanol–water partition coefficient (Wildman–Crippen LogP) is 3.40. The average Bonchev–Trinajstić information content (AvgIpc) is 2.39. The fraction of sp³-hybridized carbons (Fsp3) is 0.214. The maximum atomic E-state index is 11.4. The molecular weight excluding hydrogens is 248 g/mol. The van der Waals surface area contributed by atoms with E-state index < -0.39 is 5.97 Å². The number of carbonyl (C=O) groups excluding carboxylic acids is 1. The van der Waals surface area contributed by atoms with Gasteiger partial charge in [-0.3, -0.25) is 0 Å². The molecule has 0 aliphatic heterocycles. The van der Waals surface area contributed by atoms with Crippen LogP contribution in [0, 0.1) is 0 Å². The fourth-order valence-corrected chi connectivity index (χ4v) is 2.22. The lowest BCUT2D eigenvalue weighted by Gasteiger charge is -2.08. The molecule has 3 nitrogen and oxygen atoms in total. The maximum Gasteiger partial charge on any atom is 0.347 e. The van der Waals surface area contributed by atoms with Crippen molar-refractivity contribution in [2.75, 3.05) is 12.9 Å². The van der Waals surface area contributed by atoms with Crippen LogP contribution < -0.4 is 0 Å². The van der Waals surface area contributed by atoms with E-state index >= 15 is 0 Å². The topological polar surface area (TPSA) is 46.5 Å². The Kier molecular flexibility index (Phi) is 5.52. The van der Waals surface area contributed by atoms with Crippen molar-refractivity contribution in [1.29, 1.82) is 0 Å². The minimum absolute atomic E-state index is 0.0345. The van der Waals surface area contributed by atoms with E-state index in [1.165, 1.54) is 25.8 Å². The lowest BCUT2D eigenvalue weighted by atomic mass is 10.1. The number of methoxy groups -OCH3 is 1. The van der Waals surface area contributed by atoms with Crippen LogP contribution in [-0.4, -0.2) is 23.9 Å². The van der Waals surface area contributed by atoms with E-state index in [2.05, 4.69) is 11.3 Å². The van der Waals surface area contributed by atoms with Crippen LogP contribution in [-0.2, 0) is 9.53 Å². The minimum Gasteiger partial charge on any atom is -0.511 e. The van der Waals surface area contributed by atoms with Crippen molar-refractivity contribution in [3.63, 3.8) is 0 Å². The number of ether oxygens (including phenoxy) is 1. The van der Waals surface area contributed by atoms with Crippen LogP contribution in [0.15, 0.2) is 47.6 Å². The summed E-state index contributed by atoms with van der Waals surface area (Å²) in [6.07, 6.45) is 0. The molecule has 1 rings (SSSR count). The average molecular weight is 264 g/mol. The van der Waals surface area contributed by atoms with Gasteiger partial charge in [0.05, 0.1) is 7.11 Å². The van der Waals surface area contributed by atoms with E-state index in [1.807, 2.05) is 30.3 Å². The summed E-state index contributed by atoms with van der Waals surface area (Å²) >= 11 is 1.22. The van der Waals surface area contributed by atoms with Crippen molar-refractivity contribution >= 4 is 23.3 Å². The maximum absolute atomic E-state index is 11.4. The molecule has 0 radical (unpaired) electrons. The van der Waals surface area contributed by atoms with Crippen molar-refractivity contribution in [1.82, 2.24) is 0 Å². The second-order valence-corrected chi connectivity index (χ2v) is 4.65. The summed E-state index contributed by atoms with van der Waals surface area (Å²) in [5, 5.41) is 9.43. The van der Waals surface area contributed by atoms with Gasteiger partial charge in [-0.25, -0.2) is 4.79 Å². The summed E-state index contributed by atoms with van der Waals surface area (Å²) in [5.41, 5.74) is 1.91. The second kappa shape index (κ2) is 6.91. The Morgan fingerprint density at radius 2 is 2.00 bits per heavy atom. The lowest BCUT2D eigenvalue weighted by Crippen LogP contribution is -2.05. The zero-order valence-corrected chi connectivity index (χ0v) is 11.3. The predicted molar refractivity (Wildman–Crippen MR) is 75.3 cm³/mol. The molecule has 0 saturated carbocycles. The molecule has 1 aromatic rings. The number of esters is 1. The van der Waals surface area contributed by atoms with Crippen LogP contribution in [0.2, 0.25) is 0 Å². The SMILES string of the molecule is C=C(CS/C(C(=O)OC)=C(\C)O)c1ccccc1. The number of hydrogen-bond donors (Lipinski definition) is 1. The number of benzene rings is 1. The Labute approximate surface area is 111 Å². The first-order valence-corrected chi connectivity index (χ1v) is 6.39. The first-order chi connectivity index (χ1) is 8.56. The van der Waals surface area contributed by atoms with E-state index in [0.717, 1.165) is 11.1 Å². The molecule has 4 heteroatoms. The highest BCUT2D eigenvalue weighted by atomic mass is 32.2. The lowest BCUT2D eigenvalue weighted by molar-refractivity contribution is -0.135. The molecule has 0 heterocycles. The number of aliphatic hydroxyl groups excluding tert-OH is 1. The van der Waals surface area contributed by atoms with Crippen molar-refractivity contribution in [2.24, 2.45) is 0 Å². The standard InChI is InChI=1S/C14H16O3S/c1-10(12-7-5-4-6-8-12)9-18-13(11(2)15)14(16)17-3/h4-8,15H,1,9H2,2-3H3/b13-11+. The van der Waals surface area contributed by atoms with Crippen LogP contribution in [0.3, 0.4) is 0 Å². The van der Waals surface area contributed by atoms with Gasteiger partial charge < -0.3 is 9.84 Å². The summed E-state index contributed by atoms with van der Waals surface area (Å²) in [6.45, 7) is 5.43. The zero-order chi connectivity index (χ0) is 13.5. The van der Waals surface area contributed by atoms with Gasteiger partial charge in [0, 0.05) is 5.75 Å². The van der Waals surface area contributed by atoms with Crippen molar-refractivity contribution in [3.05, 3.63) is 53.1 Å². The van der Waals surface area contributed by atoms with Crippen molar-refractivity contribution in [3.8, 4) is 0 Å². The number of aliphatic hydroxyl groups is 1. The highest BCUT2D eigenvalue weighted by Crippen LogP contribution is 2.25. The first-order valence-electron chi connectivity index (χ1n) is 5.40. The van der Waals surface area contributed by atoms with E-state index in [-0.39, 0.29) is 10.7 Å². The van der Waals surface area contributed by atoms with E-state index in [4.69, 9.17) is 0 Å². The van der Waals surface area contributed by atoms with Crippen molar-refractivity contribution in [2.45, 2.75) is 6.92 Å². The molecule has 0 aromatic heterocycles. The third kappa shape index (κ3) is 3.96. The van der Waals surface area contributed by atoms with Crippen LogP contribution in [0.1, 0.15) is 12.5 Å². The smallest absolute Gasteiger partial charge is 0.347 e. The van der Waals surface area contributed by atoms with Crippen molar-refractivity contribution < 1.29 is 14.6 Å². The highest BCUT2D eigenvalue weighted by molar-refractivity contribution is 8.04. The van der Waals surface area contributed by atoms with Crippen LogP contribution in [0.25, 0.3) is 5.57 Å². The monoisotopic (exact) mass is 264 g/mol. The molecule has 1 aromatic carbocycles. The molecular formula is C14H16O3S. The van der Waals surface area contributed by atoms with Gasteiger partial charge in [0.25, 0.3) is 0 Å². The molecule has 0 bridgehead atoms. The molecule has 0 spiro atoms. The second-order valence-electron chi connectivity index (χ2n) is 3.66. The van der Waals surface area contributed by atoms with E-state index in [1.54, 1.807) is 0 Å². The molecule has 0 saturated heterocycles. The molecule has 0 fully saturated rings. The quantitative estimate of drug-likeness (QED) is 0.503.